The number of esters is 1. The number of halogens is 1. The summed E-state index contributed by atoms with van der Waals surface area (Å²) in [6.45, 7) is 6.27. The topological polar surface area (TPSA) is 86.4 Å². The maximum Gasteiger partial charge on any atom is 0.337 e. The molecular formula is C34H39FN4O4. The third-order valence-corrected chi connectivity index (χ3v) is 7.87. The highest BCUT2D eigenvalue weighted by Gasteiger charge is 2.29. The Kier molecular flexibility index (Phi) is 8.64. The fourth-order valence-electron chi connectivity index (χ4n) is 6.06. The predicted octanol–water partition coefficient (Wildman–Crippen LogP) is 5.88. The standard InChI is InChI=1S/C34H39FN4O4/c1-34(2,3)43-30(40)17-22-13-15-26(16-14-22)39-32(41)29-19-25(35)20-36-31(29)38(33(39)42)27-11-8-10-23(18-27)28-12-7-6-9-24(28)21-37(4)5/h6-12,18-20,22,26H,13-17,21H2,1-5H3. The van der Waals surface area contributed by atoms with Crippen LogP contribution in [0, 0.1) is 11.7 Å². The van der Waals surface area contributed by atoms with E-state index in [2.05, 4.69) is 16.0 Å². The Hall–Kier alpha value is -4.11. The van der Waals surface area contributed by atoms with Crippen LogP contribution in [0.2, 0.25) is 0 Å². The van der Waals surface area contributed by atoms with Crippen molar-refractivity contribution >= 4 is 17.0 Å². The van der Waals surface area contributed by atoms with Crippen LogP contribution in [-0.4, -0.2) is 44.7 Å². The van der Waals surface area contributed by atoms with Gasteiger partial charge in [0.2, 0.25) is 0 Å². The van der Waals surface area contributed by atoms with Gasteiger partial charge >= 0.3 is 11.7 Å². The van der Waals surface area contributed by atoms with Crippen LogP contribution in [0.4, 0.5) is 4.39 Å². The molecule has 0 saturated heterocycles. The number of pyridine rings is 1. The smallest absolute Gasteiger partial charge is 0.337 e. The lowest BCUT2D eigenvalue weighted by atomic mass is 9.84. The lowest BCUT2D eigenvalue weighted by Crippen LogP contribution is -2.43. The summed E-state index contributed by atoms with van der Waals surface area (Å²) in [5.41, 5.74) is 2.13. The van der Waals surface area contributed by atoms with Crippen LogP contribution >= 0.6 is 0 Å². The number of carbonyl (C=O) groups is 1. The summed E-state index contributed by atoms with van der Waals surface area (Å²) in [4.78, 5) is 46.6. The van der Waals surface area contributed by atoms with E-state index in [1.165, 1.54) is 9.13 Å². The minimum Gasteiger partial charge on any atom is -0.460 e. The molecule has 0 spiro atoms. The van der Waals surface area contributed by atoms with Gasteiger partial charge in [0.15, 0.2) is 5.65 Å². The molecule has 2 aromatic carbocycles. The minimum absolute atomic E-state index is 0.0499. The van der Waals surface area contributed by atoms with Crippen molar-refractivity contribution in [3.05, 3.63) is 93.0 Å². The third kappa shape index (κ3) is 6.77. The average molecular weight is 587 g/mol. The SMILES string of the molecule is CN(C)Cc1ccccc1-c1cccc(-n2c(=O)n(C3CCC(CC(=O)OC(C)(C)C)CC3)c(=O)c3cc(F)cnc32)c1. The zero-order valence-corrected chi connectivity index (χ0v) is 25.5. The average Bonchev–Trinajstić information content (AvgIpc) is 2.93. The van der Waals surface area contributed by atoms with Crippen molar-refractivity contribution in [1.82, 2.24) is 19.0 Å². The molecule has 2 heterocycles. The van der Waals surface area contributed by atoms with Gasteiger partial charge in [0, 0.05) is 19.0 Å². The number of aromatic nitrogens is 3. The highest BCUT2D eigenvalue weighted by molar-refractivity contribution is 5.77. The zero-order chi connectivity index (χ0) is 30.9. The summed E-state index contributed by atoms with van der Waals surface area (Å²) in [6, 6.07) is 16.4. The number of nitrogens with zero attached hydrogens (tertiary/aromatic N) is 4. The molecule has 1 aliphatic carbocycles. The Morgan fingerprint density at radius 3 is 2.44 bits per heavy atom. The fraction of sp³-hybridized carbons (Fsp3) is 0.412. The van der Waals surface area contributed by atoms with Crippen LogP contribution in [-0.2, 0) is 16.1 Å². The number of fused-ring (bicyclic) bond motifs is 1. The Labute approximate surface area is 250 Å². The second-order valence-electron chi connectivity index (χ2n) is 12.7. The Morgan fingerprint density at radius 2 is 1.74 bits per heavy atom. The molecule has 0 aliphatic heterocycles. The first-order valence-electron chi connectivity index (χ1n) is 14.8. The first kappa shape index (κ1) is 30.4. The van der Waals surface area contributed by atoms with E-state index in [9.17, 15) is 18.8 Å². The molecule has 0 amide bonds. The van der Waals surface area contributed by atoms with Gasteiger partial charge in [-0.1, -0.05) is 36.4 Å². The minimum atomic E-state index is -0.645. The second-order valence-corrected chi connectivity index (χ2v) is 12.7. The van der Waals surface area contributed by atoms with Crippen molar-refractivity contribution in [1.29, 1.82) is 0 Å². The lowest BCUT2D eigenvalue weighted by Gasteiger charge is -2.30. The number of rotatable bonds is 7. The molecule has 0 N–H and O–H groups in total. The highest BCUT2D eigenvalue weighted by Crippen LogP contribution is 2.34. The zero-order valence-electron chi connectivity index (χ0n) is 25.5. The fourth-order valence-corrected chi connectivity index (χ4v) is 6.06. The van der Waals surface area contributed by atoms with E-state index in [0.29, 0.717) is 37.8 Å². The van der Waals surface area contributed by atoms with E-state index in [1.807, 2.05) is 71.3 Å². The quantitative estimate of drug-likeness (QED) is 0.252. The molecule has 8 nitrogen and oxygen atoms in total. The van der Waals surface area contributed by atoms with Crippen LogP contribution < -0.4 is 11.2 Å². The molecular weight excluding hydrogens is 547 g/mol. The van der Waals surface area contributed by atoms with Gasteiger partial charge in [0.1, 0.15) is 11.4 Å². The maximum absolute atomic E-state index is 14.4. The van der Waals surface area contributed by atoms with Crippen molar-refractivity contribution in [2.45, 2.75) is 71.1 Å². The molecule has 226 valence electrons. The number of carbonyl (C=O) groups excluding carboxylic acids is 1. The molecule has 0 bridgehead atoms. The third-order valence-electron chi connectivity index (χ3n) is 7.87. The van der Waals surface area contributed by atoms with E-state index in [4.69, 9.17) is 4.74 Å². The van der Waals surface area contributed by atoms with E-state index >= 15 is 0 Å². The van der Waals surface area contributed by atoms with Crippen LogP contribution in [0.15, 0.2) is 70.4 Å². The first-order chi connectivity index (χ1) is 20.4. The molecule has 9 heteroatoms. The molecule has 5 rings (SSSR count). The summed E-state index contributed by atoms with van der Waals surface area (Å²) in [6.07, 6.45) is 3.78. The predicted molar refractivity (Wildman–Crippen MR) is 166 cm³/mol. The molecule has 1 fully saturated rings. The number of hydrogen-bond donors (Lipinski definition) is 0. The van der Waals surface area contributed by atoms with Gasteiger partial charge in [-0.25, -0.2) is 18.7 Å². The molecule has 43 heavy (non-hydrogen) atoms. The van der Waals surface area contributed by atoms with Gasteiger partial charge in [-0.3, -0.25) is 14.2 Å². The van der Waals surface area contributed by atoms with E-state index in [1.54, 1.807) is 6.07 Å². The summed E-state index contributed by atoms with van der Waals surface area (Å²) >= 11 is 0. The van der Waals surface area contributed by atoms with Crippen molar-refractivity contribution < 1.29 is 13.9 Å². The first-order valence-corrected chi connectivity index (χ1v) is 14.8. The summed E-state index contributed by atoms with van der Waals surface area (Å²) in [5.74, 6) is -0.772. The van der Waals surface area contributed by atoms with Crippen LogP contribution in [0.3, 0.4) is 0 Å². The Balaban J connectivity index is 1.54. The molecule has 0 unspecified atom stereocenters. The largest absolute Gasteiger partial charge is 0.460 e. The van der Waals surface area contributed by atoms with Gasteiger partial charge in [-0.05, 0) is 101 Å². The number of benzene rings is 2. The molecule has 0 atom stereocenters. The van der Waals surface area contributed by atoms with E-state index in [0.717, 1.165) is 35.5 Å². The monoisotopic (exact) mass is 586 g/mol. The second kappa shape index (κ2) is 12.2. The van der Waals surface area contributed by atoms with Gasteiger partial charge in [-0.2, -0.15) is 0 Å². The van der Waals surface area contributed by atoms with Crippen LogP contribution in [0.25, 0.3) is 27.8 Å². The van der Waals surface area contributed by atoms with E-state index in [-0.39, 0.29) is 29.0 Å². The molecule has 4 aromatic rings. The number of hydrogen-bond acceptors (Lipinski definition) is 6. The van der Waals surface area contributed by atoms with Crippen molar-refractivity contribution in [2.75, 3.05) is 14.1 Å². The molecule has 0 radical (unpaired) electrons. The Morgan fingerprint density at radius 1 is 1.02 bits per heavy atom. The highest BCUT2D eigenvalue weighted by atomic mass is 19.1. The van der Waals surface area contributed by atoms with Crippen molar-refractivity contribution in [3.8, 4) is 16.8 Å². The van der Waals surface area contributed by atoms with Crippen LogP contribution in [0.5, 0.6) is 0 Å². The Bertz CT molecular complexity index is 1760. The van der Waals surface area contributed by atoms with Gasteiger partial charge in [-0.15, -0.1) is 0 Å². The van der Waals surface area contributed by atoms with Crippen molar-refractivity contribution in [3.63, 3.8) is 0 Å². The lowest BCUT2D eigenvalue weighted by molar-refractivity contribution is -0.156. The van der Waals surface area contributed by atoms with Crippen molar-refractivity contribution in [2.24, 2.45) is 5.92 Å². The normalized spacial score (nSPS) is 17.4. The van der Waals surface area contributed by atoms with Gasteiger partial charge in [0.05, 0.1) is 17.3 Å². The molecule has 2 aromatic heterocycles. The molecule has 1 saturated carbocycles. The molecule has 1 aliphatic rings. The van der Waals surface area contributed by atoms with Gasteiger partial charge < -0.3 is 9.64 Å². The van der Waals surface area contributed by atoms with Crippen LogP contribution in [0.1, 0.15) is 64.5 Å². The number of ether oxygens (including phenoxy) is 1. The van der Waals surface area contributed by atoms with E-state index < -0.39 is 22.7 Å². The van der Waals surface area contributed by atoms with Gasteiger partial charge in [0.25, 0.3) is 5.56 Å². The summed E-state index contributed by atoms with van der Waals surface area (Å²) < 4.78 is 22.6. The maximum atomic E-state index is 14.4. The summed E-state index contributed by atoms with van der Waals surface area (Å²) in [7, 11) is 4.02. The summed E-state index contributed by atoms with van der Waals surface area (Å²) in [5, 5.41) is 0.0499.